The summed E-state index contributed by atoms with van der Waals surface area (Å²) >= 11 is 0. The smallest absolute Gasteiger partial charge is 0.265 e. The second-order valence-electron chi connectivity index (χ2n) is 8.19. The van der Waals surface area contributed by atoms with Crippen LogP contribution in [-0.2, 0) is 4.79 Å². The van der Waals surface area contributed by atoms with Crippen LogP contribution in [0, 0.1) is 5.41 Å². The van der Waals surface area contributed by atoms with Crippen molar-refractivity contribution in [2.24, 2.45) is 10.4 Å². The zero-order valence-electron chi connectivity index (χ0n) is 18.0. The Morgan fingerprint density at radius 2 is 2.13 bits per heavy atom. The molecule has 1 aromatic carbocycles. The molecule has 1 aliphatic heterocycles. The van der Waals surface area contributed by atoms with E-state index in [0.717, 1.165) is 56.0 Å². The number of guanidine groups is 1. The lowest BCUT2D eigenvalue weighted by Gasteiger charge is -2.37. The molecule has 1 aliphatic carbocycles. The monoisotopic (exact) mass is 530 g/mol. The van der Waals surface area contributed by atoms with E-state index in [1.807, 2.05) is 31.2 Å². The summed E-state index contributed by atoms with van der Waals surface area (Å²) in [5.41, 5.74) is 0.688. The number of halogens is 1. The molecule has 8 heteroatoms. The first-order chi connectivity index (χ1) is 14.0. The molecule has 3 N–H and O–H groups in total. The molecule has 1 fully saturated rings. The first-order valence-corrected chi connectivity index (χ1v) is 10.8. The molecule has 0 aromatic heterocycles. The van der Waals surface area contributed by atoms with Crippen LogP contribution < -0.4 is 20.3 Å². The van der Waals surface area contributed by atoms with Crippen LogP contribution in [0.4, 0.5) is 5.69 Å². The van der Waals surface area contributed by atoms with E-state index < -0.39 is 0 Å². The van der Waals surface area contributed by atoms with Gasteiger partial charge in [-0.05, 0) is 38.3 Å². The van der Waals surface area contributed by atoms with Crippen molar-refractivity contribution in [1.29, 1.82) is 0 Å². The molecule has 3 rings (SSSR count). The van der Waals surface area contributed by atoms with Crippen LogP contribution in [0.15, 0.2) is 29.3 Å². The van der Waals surface area contributed by atoms with Crippen molar-refractivity contribution in [3.63, 3.8) is 0 Å². The fourth-order valence-electron chi connectivity index (χ4n) is 4.01. The summed E-state index contributed by atoms with van der Waals surface area (Å²) in [5, 5.41) is 17.0. The minimum absolute atomic E-state index is 0. The number of aliphatic hydroxyl groups is 1. The van der Waals surface area contributed by atoms with Crippen LogP contribution in [-0.4, -0.2) is 55.9 Å². The molecule has 1 aromatic rings. The number of fused-ring (bicyclic) bond motifs is 1. The Bertz CT molecular complexity index is 730. The van der Waals surface area contributed by atoms with Crippen LogP contribution >= 0.6 is 24.0 Å². The summed E-state index contributed by atoms with van der Waals surface area (Å²) < 4.78 is 5.49. The summed E-state index contributed by atoms with van der Waals surface area (Å²) in [5.74, 6) is 1.51. The summed E-state index contributed by atoms with van der Waals surface area (Å²) in [6, 6.07) is 7.64. The van der Waals surface area contributed by atoms with Crippen molar-refractivity contribution in [2.75, 3.05) is 37.7 Å². The zero-order chi connectivity index (χ0) is 20.7. The molecule has 0 saturated heterocycles. The largest absolute Gasteiger partial charge is 0.482 e. The number of carbonyl (C=O) groups is 1. The number of anilines is 1. The average Bonchev–Trinajstić information content (AvgIpc) is 2.73. The van der Waals surface area contributed by atoms with E-state index >= 15 is 0 Å². The van der Waals surface area contributed by atoms with E-state index in [1.54, 1.807) is 4.90 Å². The number of aliphatic hydroxyl groups excluding tert-OH is 1. The predicted octanol–water partition coefficient (Wildman–Crippen LogP) is 2.92. The second kappa shape index (κ2) is 11.7. The second-order valence-corrected chi connectivity index (χ2v) is 8.19. The number of amides is 1. The maximum atomic E-state index is 12.3. The summed E-state index contributed by atoms with van der Waals surface area (Å²) in [6.07, 6.45) is 4.64. The van der Waals surface area contributed by atoms with Crippen LogP contribution in [0.3, 0.4) is 0 Å². The zero-order valence-corrected chi connectivity index (χ0v) is 20.4. The van der Waals surface area contributed by atoms with E-state index in [0.29, 0.717) is 19.6 Å². The van der Waals surface area contributed by atoms with Gasteiger partial charge in [0.25, 0.3) is 5.91 Å². The van der Waals surface area contributed by atoms with Gasteiger partial charge in [-0.3, -0.25) is 9.79 Å². The molecule has 168 valence electrons. The molecule has 1 heterocycles. The molecule has 2 aliphatic rings. The Kier molecular flexibility index (Phi) is 9.67. The molecular formula is C22H35IN4O3. The van der Waals surface area contributed by atoms with Gasteiger partial charge in [-0.15, -0.1) is 24.0 Å². The first-order valence-electron chi connectivity index (χ1n) is 10.8. The number of ether oxygens (including phenoxy) is 1. The molecular weight excluding hydrogens is 495 g/mol. The number of benzene rings is 1. The summed E-state index contributed by atoms with van der Waals surface area (Å²) in [6.45, 7) is 6.98. The highest BCUT2D eigenvalue weighted by Gasteiger charge is 2.35. The fourth-order valence-corrected chi connectivity index (χ4v) is 4.01. The molecule has 0 bridgehead atoms. The molecule has 0 spiro atoms. The Balaban J connectivity index is 0.00000320. The van der Waals surface area contributed by atoms with E-state index in [1.165, 1.54) is 0 Å². The quantitative estimate of drug-likeness (QED) is 0.219. The molecule has 1 saturated carbocycles. The van der Waals surface area contributed by atoms with Gasteiger partial charge in [0.05, 0.1) is 18.3 Å². The van der Waals surface area contributed by atoms with Crippen LogP contribution in [0.5, 0.6) is 5.75 Å². The fraction of sp³-hybridized carbons (Fsp3) is 0.636. The highest BCUT2D eigenvalue weighted by atomic mass is 127. The summed E-state index contributed by atoms with van der Waals surface area (Å²) in [7, 11) is 0. The number of nitrogens with one attached hydrogen (secondary N) is 2. The third-order valence-electron chi connectivity index (χ3n) is 5.88. The van der Waals surface area contributed by atoms with E-state index in [-0.39, 0.29) is 48.0 Å². The SMILES string of the molecule is CCNC(=NCC1(C)CCCCC1O)NCCCN1C(=O)COc2ccccc21.I. The van der Waals surface area contributed by atoms with Crippen molar-refractivity contribution < 1.29 is 14.6 Å². The predicted molar refractivity (Wildman–Crippen MR) is 131 cm³/mol. The van der Waals surface area contributed by atoms with E-state index in [4.69, 9.17) is 9.73 Å². The number of carbonyl (C=O) groups excluding carboxylic acids is 1. The van der Waals surface area contributed by atoms with Gasteiger partial charge in [-0.2, -0.15) is 0 Å². The normalized spacial score (nSPS) is 23.8. The van der Waals surface area contributed by atoms with E-state index in [9.17, 15) is 9.90 Å². The highest BCUT2D eigenvalue weighted by molar-refractivity contribution is 14.0. The van der Waals surface area contributed by atoms with Crippen molar-refractivity contribution in [2.45, 2.75) is 52.1 Å². The van der Waals surface area contributed by atoms with Gasteiger partial charge in [0.1, 0.15) is 5.75 Å². The minimum Gasteiger partial charge on any atom is -0.482 e. The number of hydrogen-bond acceptors (Lipinski definition) is 4. The third-order valence-corrected chi connectivity index (χ3v) is 5.88. The number of rotatable bonds is 7. The number of nitrogens with zero attached hydrogens (tertiary/aromatic N) is 2. The molecule has 7 nitrogen and oxygen atoms in total. The Morgan fingerprint density at radius 1 is 1.33 bits per heavy atom. The van der Waals surface area contributed by atoms with Crippen molar-refractivity contribution >= 4 is 41.5 Å². The number of hydrogen-bond donors (Lipinski definition) is 3. The van der Waals surface area contributed by atoms with Gasteiger partial charge in [0.2, 0.25) is 0 Å². The number of aliphatic imine (C=N–C) groups is 1. The highest BCUT2D eigenvalue weighted by Crippen LogP contribution is 2.36. The standard InChI is InChI=1S/C22H34N4O3.HI/c1-3-23-21(25-16-22(2)12-7-6-11-19(22)27)24-13-8-14-26-17-9-4-5-10-18(17)29-15-20(26)28;/h4-5,9-10,19,27H,3,6-8,11-16H2,1-2H3,(H2,23,24,25);1H. The third kappa shape index (κ3) is 6.23. The van der Waals surface area contributed by atoms with Crippen LogP contribution in [0.25, 0.3) is 0 Å². The lowest BCUT2D eigenvalue weighted by Crippen LogP contribution is -2.43. The van der Waals surface area contributed by atoms with Gasteiger partial charge in [-0.1, -0.05) is 31.9 Å². The van der Waals surface area contributed by atoms with Crippen molar-refractivity contribution in [3.05, 3.63) is 24.3 Å². The molecule has 0 radical (unpaired) electrons. The maximum Gasteiger partial charge on any atom is 0.265 e. The molecule has 2 unspecified atom stereocenters. The number of para-hydroxylation sites is 2. The van der Waals surface area contributed by atoms with Crippen LogP contribution in [0.1, 0.15) is 46.0 Å². The Morgan fingerprint density at radius 3 is 2.90 bits per heavy atom. The lowest BCUT2D eigenvalue weighted by molar-refractivity contribution is -0.121. The van der Waals surface area contributed by atoms with Gasteiger partial charge < -0.3 is 25.4 Å². The van der Waals surface area contributed by atoms with Gasteiger partial charge in [0, 0.05) is 25.0 Å². The summed E-state index contributed by atoms with van der Waals surface area (Å²) in [4.78, 5) is 18.8. The average molecular weight is 530 g/mol. The Hall–Kier alpha value is -1.55. The van der Waals surface area contributed by atoms with Gasteiger partial charge in [-0.25, -0.2) is 0 Å². The topological polar surface area (TPSA) is 86.2 Å². The molecule has 2 atom stereocenters. The molecule has 1 amide bonds. The van der Waals surface area contributed by atoms with Crippen LogP contribution in [0.2, 0.25) is 0 Å². The molecule has 30 heavy (non-hydrogen) atoms. The van der Waals surface area contributed by atoms with Crippen molar-refractivity contribution in [3.8, 4) is 5.75 Å². The van der Waals surface area contributed by atoms with Gasteiger partial charge in [0.15, 0.2) is 12.6 Å². The first kappa shape index (κ1) is 24.7. The van der Waals surface area contributed by atoms with Crippen molar-refractivity contribution in [1.82, 2.24) is 10.6 Å². The lowest BCUT2D eigenvalue weighted by atomic mass is 9.73. The van der Waals surface area contributed by atoms with E-state index in [2.05, 4.69) is 17.6 Å². The Labute approximate surface area is 196 Å². The minimum atomic E-state index is -0.282. The maximum absolute atomic E-state index is 12.3. The van der Waals surface area contributed by atoms with Gasteiger partial charge >= 0.3 is 0 Å².